The molecule has 3 rings (SSSR count). The number of likely N-dealkylation sites (tertiary alicyclic amines) is 2. The molecule has 0 N–H and O–H groups in total. The van der Waals surface area contributed by atoms with Crippen LogP contribution in [0.2, 0.25) is 0 Å². The lowest BCUT2D eigenvalue weighted by Gasteiger charge is -2.36. The summed E-state index contributed by atoms with van der Waals surface area (Å²) >= 11 is 0. The van der Waals surface area contributed by atoms with Crippen LogP contribution < -0.4 is 0 Å². The molecule has 1 atom stereocenters. The molecule has 6 heteroatoms. The molecule has 2 aliphatic heterocycles. The topological polar surface area (TPSA) is 58.4 Å². The average molecular weight is 332 g/mol. The van der Waals surface area contributed by atoms with Crippen LogP contribution >= 0.6 is 0 Å². The fourth-order valence-corrected chi connectivity index (χ4v) is 3.82. The third kappa shape index (κ3) is 4.16. The number of hydrogen-bond acceptors (Lipinski definition) is 3. The van der Waals surface area contributed by atoms with Crippen molar-refractivity contribution < 1.29 is 9.59 Å². The molecule has 0 radical (unpaired) electrons. The monoisotopic (exact) mass is 332 g/mol. The van der Waals surface area contributed by atoms with Gasteiger partial charge in [0.25, 0.3) is 0 Å². The molecule has 0 bridgehead atoms. The molecule has 6 nitrogen and oxygen atoms in total. The average Bonchev–Trinajstić information content (AvgIpc) is 3.19. The number of aromatic nitrogens is 2. The van der Waals surface area contributed by atoms with E-state index in [2.05, 4.69) is 10.00 Å². The zero-order valence-corrected chi connectivity index (χ0v) is 14.6. The van der Waals surface area contributed by atoms with Gasteiger partial charge in [-0.25, -0.2) is 0 Å². The summed E-state index contributed by atoms with van der Waals surface area (Å²) in [5.41, 5.74) is 1.12. The predicted octanol–water partition coefficient (Wildman–Crippen LogP) is 1.98. The van der Waals surface area contributed by atoms with E-state index >= 15 is 0 Å². The number of nitrogens with zero attached hydrogens (tertiary/aromatic N) is 4. The minimum absolute atomic E-state index is 0.223. The molecule has 1 aromatic heterocycles. The second-order valence-corrected chi connectivity index (χ2v) is 7.04. The Labute approximate surface area is 143 Å². The summed E-state index contributed by atoms with van der Waals surface area (Å²) in [5.74, 6) is 0.498. The first kappa shape index (κ1) is 17.0. The number of carbonyl (C=O) groups excluding carboxylic acids is 2. The first-order valence-electron chi connectivity index (χ1n) is 9.20. The summed E-state index contributed by atoms with van der Waals surface area (Å²) in [6.45, 7) is 5.19. The molecule has 2 fully saturated rings. The van der Waals surface area contributed by atoms with E-state index < -0.39 is 0 Å². The van der Waals surface area contributed by atoms with Gasteiger partial charge in [-0.3, -0.25) is 14.3 Å². The van der Waals surface area contributed by atoms with Crippen LogP contribution in [0.5, 0.6) is 0 Å². The maximum atomic E-state index is 12.7. The maximum Gasteiger partial charge on any atom is 0.224 e. The standard InChI is InChI=1S/C18H28N4O2/c1-15-13-19-21(14-15)12-8-18(24)22-10-3-2-5-16(22)7-11-20-9-4-6-17(20)23/h13-14,16H,2-12H2,1H3/t16-/m0/s1. The molecule has 132 valence electrons. The summed E-state index contributed by atoms with van der Waals surface area (Å²) in [5, 5.41) is 4.25. The first-order valence-corrected chi connectivity index (χ1v) is 9.20. The predicted molar refractivity (Wildman–Crippen MR) is 91.4 cm³/mol. The van der Waals surface area contributed by atoms with Gasteiger partial charge in [-0.1, -0.05) is 0 Å². The van der Waals surface area contributed by atoms with Crippen LogP contribution in [0.3, 0.4) is 0 Å². The van der Waals surface area contributed by atoms with Gasteiger partial charge in [0.15, 0.2) is 0 Å². The van der Waals surface area contributed by atoms with Crippen molar-refractivity contribution in [3.63, 3.8) is 0 Å². The summed E-state index contributed by atoms with van der Waals surface area (Å²) in [7, 11) is 0. The minimum atomic E-state index is 0.223. The summed E-state index contributed by atoms with van der Waals surface area (Å²) in [6, 6.07) is 0.291. The summed E-state index contributed by atoms with van der Waals surface area (Å²) in [6.07, 6.45) is 10.2. The van der Waals surface area contributed by atoms with Crippen molar-refractivity contribution in [2.24, 2.45) is 0 Å². The molecule has 2 saturated heterocycles. The molecule has 0 unspecified atom stereocenters. The van der Waals surface area contributed by atoms with Crippen LogP contribution in [0.1, 0.15) is 50.5 Å². The Morgan fingerprint density at radius 3 is 2.83 bits per heavy atom. The first-order chi connectivity index (χ1) is 11.6. The fourth-order valence-electron chi connectivity index (χ4n) is 3.82. The molecule has 2 aliphatic rings. The SMILES string of the molecule is Cc1cnn(CCC(=O)N2CCCC[C@H]2CCN2CCCC2=O)c1. The third-order valence-corrected chi connectivity index (χ3v) is 5.17. The Balaban J connectivity index is 1.51. The molecule has 0 aliphatic carbocycles. The third-order valence-electron chi connectivity index (χ3n) is 5.17. The summed E-state index contributed by atoms with van der Waals surface area (Å²) in [4.78, 5) is 28.4. The molecule has 1 aromatic rings. The van der Waals surface area contributed by atoms with Gasteiger partial charge in [-0.15, -0.1) is 0 Å². The zero-order valence-electron chi connectivity index (χ0n) is 14.6. The number of hydrogen-bond donors (Lipinski definition) is 0. The van der Waals surface area contributed by atoms with Crippen LogP contribution in [0.4, 0.5) is 0 Å². The summed E-state index contributed by atoms with van der Waals surface area (Å²) < 4.78 is 1.84. The molecular weight excluding hydrogens is 304 g/mol. The number of amides is 2. The van der Waals surface area contributed by atoms with Crippen molar-refractivity contribution in [3.05, 3.63) is 18.0 Å². The van der Waals surface area contributed by atoms with Crippen LogP contribution in [0.25, 0.3) is 0 Å². The minimum Gasteiger partial charge on any atom is -0.343 e. The number of carbonyl (C=O) groups is 2. The van der Waals surface area contributed by atoms with Crippen molar-refractivity contribution in [2.45, 2.75) is 64.5 Å². The van der Waals surface area contributed by atoms with Gasteiger partial charge in [0, 0.05) is 51.3 Å². The van der Waals surface area contributed by atoms with Gasteiger partial charge in [-0.2, -0.15) is 5.10 Å². The lowest BCUT2D eigenvalue weighted by atomic mass is 9.98. The Hall–Kier alpha value is -1.85. The highest BCUT2D eigenvalue weighted by atomic mass is 16.2. The van der Waals surface area contributed by atoms with E-state index in [1.54, 1.807) is 0 Å². The molecule has 3 heterocycles. The Morgan fingerprint density at radius 1 is 1.25 bits per heavy atom. The van der Waals surface area contributed by atoms with Crippen LogP contribution in [0, 0.1) is 6.92 Å². The number of rotatable bonds is 6. The van der Waals surface area contributed by atoms with E-state index in [4.69, 9.17) is 0 Å². The number of piperidine rings is 1. The molecule has 0 aromatic carbocycles. The maximum absolute atomic E-state index is 12.7. The van der Waals surface area contributed by atoms with E-state index in [0.717, 1.165) is 50.9 Å². The Kier molecular flexibility index (Phi) is 5.53. The van der Waals surface area contributed by atoms with E-state index in [0.29, 0.717) is 25.4 Å². The van der Waals surface area contributed by atoms with Gasteiger partial charge in [0.1, 0.15) is 0 Å². The van der Waals surface area contributed by atoms with Gasteiger partial charge < -0.3 is 9.80 Å². The van der Waals surface area contributed by atoms with Crippen LogP contribution in [-0.2, 0) is 16.1 Å². The van der Waals surface area contributed by atoms with Crippen LogP contribution in [-0.4, -0.2) is 57.1 Å². The smallest absolute Gasteiger partial charge is 0.224 e. The van der Waals surface area contributed by atoms with Crippen molar-refractivity contribution in [1.29, 1.82) is 0 Å². The lowest BCUT2D eigenvalue weighted by molar-refractivity contribution is -0.135. The van der Waals surface area contributed by atoms with Gasteiger partial charge in [0.05, 0.1) is 6.20 Å². The lowest BCUT2D eigenvalue weighted by Crippen LogP contribution is -2.45. The van der Waals surface area contributed by atoms with E-state index in [-0.39, 0.29) is 11.8 Å². The highest BCUT2D eigenvalue weighted by molar-refractivity contribution is 5.78. The van der Waals surface area contributed by atoms with Crippen molar-refractivity contribution in [2.75, 3.05) is 19.6 Å². The van der Waals surface area contributed by atoms with E-state index in [1.807, 2.05) is 28.9 Å². The zero-order chi connectivity index (χ0) is 16.9. The molecular formula is C18H28N4O2. The largest absolute Gasteiger partial charge is 0.343 e. The fraction of sp³-hybridized carbons (Fsp3) is 0.722. The van der Waals surface area contributed by atoms with Crippen molar-refractivity contribution in [3.8, 4) is 0 Å². The number of aryl methyl sites for hydroxylation is 2. The van der Waals surface area contributed by atoms with Gasteiger partial charge in [-0.05, 0) is 44.6 Å². The van der Waals surface area contributed by atoms with Gasteiger partial charge in [0.2, 0.25) is 11.8 Å². The van der Waals surface area contributed by atoms with Crippen LogP contribution in [0.15, 0.2) is 12.4 Å². The Morgan fingerprint density at radius 2 is 2.12 bits per heavy atom. The van der Waals surface area contributed by atoms with Crippen molar-refractivity contribution >= 4 is 11.8 Å². The molecule has 24 heavy (non-hydrogen) atoms. The van der Waals surface area contributed by atoms with Crippen molar-refractivity contribution in [1.82, 2.24) is 19.6 Å². The molecule has 2 amide bonds. The second kappa shape index (κ2) is 7.81. The molecule has 0 saturated carbocycles. The second-order valence-electron chi connectivity index (χ2n) is 7.04. The quantitative estimate of drug-likeness (QED) is 0.800. The van der Waals surface area contributed by atoms with Gasteiger partial charge >= 0.3 is 0 Å². The van der Waals surface area contributed by atoms with E-state index in [1.165, 1.54) is 6.42 Å². The van der Waals surface area contributed by atoms with E-state index in [9.17, 15) is 9.59 Å². The highest BCUT2D eigenvalue weighted by Gasteiger charge is 2.28. The normalized spacial score (nSPS) is 21.5. The Bertz CT molecular complexity index is 583. The highest BCUT2D eigenvalue weighted by Crippen LogP contribution is 2.22. The molecule has 0 spiro atoms.